The highest BCUT2D eigenvalue weighted by Crippen LogP contribution is 2.29. The molecule has 4 aromatic rings. The van der Waals surface area contributed by atoms with Crippen LogP contribution in [-0.2, 0) is 24.4 Å². The molecule has 0 fully saturated rings. The van der Waals surface area contributed by atoms with E-state index in [1.807, 2.05) is 84.9 Å². The SMILES string of the molecule is C=CCc1cc(OCc2ccccc2)ccc1O.CCC(OCc1ccccc1)c1ccccc1O. The Morgan fingerprint density at radius 3 is 1.97 bits per heavy atom. The van der Waals surface area contributed by atoms with Gasteiger partial charge in [0.2, 0.25) is 0 Å². The number of benzene rings is 4. The van der Waals surface area contributed by atoms with Crippen LogP contribution in [0.25, 0.3) is 0 Å². The van der Waals surface area contributed by atoms with Crippen LogP contribution in [-0.4, -0.2) is 10.2 Å². The van der Waals surface area contributed by atoms with Gasteiger partial charge < -0.3 is 19.7 Å². The largest absolute Gasteiger partial charge is 0.508 e. The number of rotatable bonds is 10. The lowest BCUT2D eigenvalue weighted by Crippen LogP contribution is -2.03. The fourth-order valence-electron chi connectivity index (χ4n) is 3.67. The van der Waals surface area contributed by atoms with Gasteiger partial charge >= 0.3 is 0 Å². The number of hydrogen-bond donors (Lipinski definition) is 2. The van der Waals surface area contributed by atoms with Gasteiger partial charge in [-0.15, -0.1) is 6.58 Å². The average Bonchev–Trinajstić information content (AvgIpc) is 2.92. The van der Waals surface area contributed by atoms with Gasteiger partial charge in [0.15, 0.2) is 0 Å². The first kappa shape index (κ1) is 26.6. The quantitative estimate of drug-likeness (QED) is 0.227. The molecule has 0 amide bonds. The predicted octanol–water partition coefficient (Wildman–Crippen LogP) is 7.76. The van der Waals surface area contributed by atoms with Crippen molar-refractivity contribution in [3.05, 3.63) is 138 Å². The standard InChI is InChI=1S/C16H18O2.C16H16O2/c1-2-16(14-10-6-7-11-15(14)17)18-12-13-8-4-3-5-9-13;1-2-6-14-11-15(9-10-16(14)17)18-12-13-7-4-3-5-8-13/h3-11,16-17H,2,12H2,1H3;2-5,7-11,17H,1,6,12H2. The van der Waals surface area contributed by atoms with Gasteiger partial charge in [0.1, 0.15) is 23.9 Å². The van der Waals surface area contributed by atoms with E-state index in [9.17, 15) is 10.2 Å². The summed E-state index contributed by atoms with van der Waals surface area (Å²) in [7, 11) is 0. The summed E-state index contributed by atoms with van der Waals surface area (Å²) in [5, 5.41) is 19.5. The Kier molecular flexibility index (Phi) is 10.6. The van der Waals surface area contributed by atoms with Crippen LogP contribution in [0.15, 0.2) is 116 Å². The van der Waals surface area contributed by atoms with Gasteiger partial charge in [0, 0.05) is 11.1 Å². The summed E-state index contributed by atoms with van der Waals surface area (Å²) in [6, 6.07) is 32.7. The maximum Gasteiger partial charge on any atom is 0.121 e. The van der Waals surface area contributed by atoms with Crippen LogP contribution < -0.4 is 4.74 Å². The molecular weight excluding hydrogens is 448 g/mol. The van der Waals surface area contributed by atoms with E-state index in [-0.39, 0.29) is 11.9 Å². The van der Waals surface area contributed by atoms with Crippen molar-refractivity contribution >= 4 is 0 Å². The van der Waals surface area contributed by atoms with E-state index in [1.54, 1.807) is 24.3 Å². The number of phenols is 2. The molecule has 4 aromatic carbocycles. The second-order valence-corrected chi connectivity index (χ2v) is 8.31. The van der Waals surface area contributed by atoms with E-state index < -0.39 is 0 Å². The summed E-state index contributed by atoms with van der Waals surface area (Å²) < 4.78 is 11.6. The maximum atomic E-state index is 9.83. The van der Waals surface area contributed by atoms with Gasteiger partial charge in [-0.25, -0.2) is 0 Å². The van der Waals surface area contributed by atoms with Crippen LogP contribution in [0.1, 0.15) is 41.7 Å². The van der Waals surface area contributed by atoms with Crippen molar-refractivity contribution in [3.8, 4) is 17.2 Å². The Morgan fingerprint density at radius 1 is 0.750 bits per heavy atom. The summed E-state index contributed by atoms with van der Waals surface area (Å²) >= 11 is 0. The molecule has 0 aliphatic rings. The van der Waals surface area contributed by atoms with Crippen LogP contribution in [0.4, 0.5) is 0 Å². The van der Waals surface area contributed by atoms with E-state index in [0.717, 1.165) is 34.4 Å². The molecule has 4 heteroatoms. The topological polar surface area (TPSA) is 58.9 Å². The highest BCUT2D eigenvalue weighted by Gasteiger charge is 2.13. The number of hydrogen-bond acceptors (Lipinski definition) is 4. The van der Waals surface area contributed by atoms with Gasteiger partial charge in [-0.1, -0.05) is 91.9 Å². The van der Waals surface area contributed by atoms with E-state index >= 15 is 0 Å². The van der Waals surface area contributed by atoms with Crippen molar-refractivity contribution in [2.45, 2.75) is 39.1 Å². The predicted molar refractivity (Wildman–Crippen MR) is 145 cm³/mol. The zero-order chi connectivity index (χ0) is 25.6. The molecule has 36 heavy (non-hydrogen) atoms. The number of para-hydroxylation sites is 1. The first-order chi connectivity index (χ1) is 17.6. The number of aromatic hydroxyl groups is 2. The summed E-state index contributed by atoms with van der Waals surface area (Å²) in [5.41, 5.74) is 3.95. The molecule has 1 atom stereocenters. The number of phenolic OH excluding ortho intramolecular Hbond substituents is 2. The Hall–Kier alpha value is -4.02. The van der Waals surface area contributed by atoms with Gasteiger partial charge in [0.25, 0.3) is 0 Å². The van der Waals surface area contributed by atoms with E-state index in [1.165, 1.54) is 0 Å². The van der Waals surface area contributed by atoms with Gasteiger partial charge in [-0.2, -0.15) is 0 Å². The van der Waals surface area contributed by atoms with Crippen molar-refractivity contribution in [3.63, 3.8) is 0 Å². The molecule has 0 spiro atoms. The van der Waals surface area contributed by atoms with Gasteiger partial charge in [-0.05, 0) is 48.2 Å². The van der Waals surface area contributed by atoms with Crippen LogP contribution in [0.2, 0.25) is 0 Å². The van der Waals surface area contributed by atoms with Crippen molar-refractivity contribution in [2.75, 3.05) is 0 Å². The fraction of sp³-hybridized carbons (Fsp3) is 0.188. The molecule has 0 radical (unpaired) electrons. The molecule has 0 saturated heterocycles. The van der Waals surface area contributed by atoms with Crippen LogP contribution in [0, 0.1) is 0 Å². The third-order valence-electron chi connectivity index (χ3n) is 5.61. The molecule has 0 heterocycles. The molecule has 4 nitrogen and oxygen atoms in total. The lowest BCUT2D eigenvalue weighted by atomic mass is 10.1. The summed E-state index contributed by atoms with van der Waals surface area (Å²) in [6.07, 6.45) is 3.17. The Balaban J connectivity index is 0.000000201. The van der Waals surface area contributed by atoms with Crippen LogP contribution in [0.3, 0.4) is 0 Å². The van der Waals surface area contributed by atoms with Gasteiger partial charge in [0.05, 0.1) is 12.7 Å². The van der Waals surface area contributed by atoms with Crippen molar-refractivity contribution < 1.29 is 19.7 Å². The normalized spacial score (nSPS) is 11.1. The summed E-state index contributed by atoms with van der Waals surface area (Å²) in [5.74, 6) is 1.34. The molecule has 0 bridgehead atoms. The minimum atomic E-state index is -0.0635. The molecule has 0 aliphatic heterocycles. The van der Waals surface area contributed by atoms with Gasteiger partial charge in [-0.3, -0.25) is 0 Å². The third-order valence-corrected chi connectivity index (χ3v) is 5.61. The summed E-state index contributed by atoms with van der Waals surface area (Å²) in [4.78, 5) is 0. The second-order valence-electron chi connectivity index (χ2n) is 8.31. The first-order valence-electron chi connectivity index (χ1n) is 12.1. The minimum absolute atomic E-state index is 0.0635. The van der Waals surface area contributed by atoms with Crippen molar-refractivity contribution in [1.82, 2.24) is 0 Å². The molecule has 0 aliphatic carbocycles. The molecule has 0 saturated carbocycles. The van der Waals surface area contributed by atoms with Crippen molar-refractivity contribution in [1.29, 1.82) is 0 Å². The molecule has 1 unspecified atom stereocenters. The van der Waals surface area contributed by atoms with E-state index in [2.05, 4.69) is 13.5 Å². The maximum absolute atomic E-state index is 9.83. The average molecular weight is 483 g/mol. The zero-order valence-corrected chi connectivity index (χ0v) is 20.7. The molecule has 186 valence electrons. The Labute approximate surface area is 214 Å². The first-order valence-corrected chi connectivity index (χ1v) is 12.1. The minimum Gasteiger partial charge on any atom is -0.508 e. The Bertz CT molecular complexity index is 1190. The lowest BCUT2D eigenvalue weighted by Gasteiger charge is -2.17. The number of allylic oxidation sites excluding steroid dienone is 1. The highest BCUT2D eigenvalue weighted by molar-refractivity contribution is 5.40. The molecule has 2 N–H and O–H groups in total. The fourth-order valence-corrected chi connectivity index (χ4v) is 3.67. The zero-order valence-electron chi connectivity index (χ0n) is 20.7. The number of ether oxygens (including phenoxy) is 2. The van der Waals surface area contributed by atoms with Crippen molar-refractivity contribution in [2.24, 2.45) is 0 Å². The van der Waals surface area contributed by atoms with Crippen LogP contribution >= 0.6 is 0 Å². The molecule has 0 aromatic heterocycles. The third kappa shape index (κ3) is 8.33. The van der Waals surface area contributed by atoms with E-state index in [0.29, 0.717) is 25.4 Å². The van der Waals surface area contributed by atoms with E-state index in [4.69, 9.17) is 9.47 Å². The second kappa shape index (κ2) is 14.4. The Morgan fingerprint density at radius 2 is 1.36 bits per heavy atom. The summed E-state index contributed by atoms with van der Waals surface area (Å²) in [6.45, 7) is 6.82. The highest BCUT2D eigenvalue weighted by atomic mass is 16.5. The lowest BCUT2D eigenvalue weighted by molar-refractivity contribution is 0.0356. The smallest absolute Gasteiger partial charge is 0.121 e. The monoisotopic (exact) mass is 482 g/mol. The molecule has 4 rings (SSSR count). The van der Waals surface area contributed by atoms with Crippen LogP contribution in [0.5, 0.6) is 17.2 Å². The molecular formula is C32H34O4.